The number of hydrogen-bond donors (Lipinski definition) is 1. The lowest BCUT2D eigenvalue weighted by Gasteiger charge is -2.33. The number of imidazole rings is 1. The maximum Gasteiger partial charge on any atom is 0.194 e. The molecule has 0 aromatic carbocycles. The average molecular weight is 316 g/mol. The second-order valence-electron chi connectivity index (χ2n) is 7.48. The summed E-state index contributed by atoms with van der Waals surface area (Å²) in [5, 5.41) is 5.69. The molecule has 0 radical (unpaired) electrons. The molecule has 4 heterocycles. The van der Waals surface area contributed by atoms with Gasteiger partial charge in [-0.3, -0.25) is 9.30 Å². The minimum atomic E-state index is 0.601. The first-order valence-electron chi connectivity index (χ1n) is 8.70. The van der Waals surface area contributed by atoms with Crippen LogP contribution in [0.1, 0.15) is 49.4 Å². The van der Waals surface area contributed by atoms with Gasteiger partial charge < -0.3 is 5.32 Å². The van der Waals surface area contributed by atoms with Gasteiger partial charge in [0.05, 0.1) is 11.4 Å². The van der Waals surface area contributed by atoms with Crippen LogP contribution in [-0.4, -0.2) is 40.5 Å². The van der Waals surface area contributed by atoms with Crippen LogP contribution in [-0.2, 0) is 6.54 Å². The molecule has 2 aliphatic heterocycles. The zero-order valence-corrected chi connectivity index (χ0v) is 13.9. The van der Waals surface area contributed by atoms with E-state index in [-0.39, 0.29) is 0 Å². The van der Waals surface area contributed by atoms with Crippen molar-refractivity contribution in [3.05, 3.63) is 23.0 Å². The van der Waals surface area contributed by atoms with Gasteiger partial charge in [-0.25, -0.2) is 4.98 Å². The smallest absolute Gasteiger partial charge is 0.194 e. The van der Waals surface area contributed by atoms with Crippen LogP contribution in [0.2, 0.25) is 0 Å². The highest BCUT2D eigenvalue weighted by Crippen LogP contribution is 2.43. The molecule has 1 spiro atoms. The van der Waals surface area contributed by atoms with Crippen LogP contribution in [0.5, 0.6) is 0 Å². The fraction of sp³-hybridized carbons (Fsp3) is 0.706. The SMILES string of the molecule is c1cn2c(CN3CCC4(CCNCC4)C3)c(C3CC3)nc2s1. The predicted octanol–water partition coefficient (Wildman–Crippen LogP) is 2.85. The van der Waals surface area contributed by atoms with Crippen LogP contribution >= 0.6 is 11.3 Å². The summed E-state index contributed by atoms with van der Waals surface area (Å²) in [6.07, 6.45) is 9.00. The summed E-state index contributed by atoms with van der Waals surface area (Å²) in [6, 6.07) is 0. The molecule has 5 heteroatoms. The second kappa shape index (κ2) is 5.05. The molecule has 4 nitrogen and oxygen atoms in total. The van der Waals surface area contributed by atoms with E-state index in [4.69, 9.17) is 4.98 Å². The number of fused-ring (bicyclic) bond motifs is 1. The van der Waals surface area contributed by atoms with Crippen LogP contribution in [0.25, 0.3) is 4.96 Å². The third-order valence-corrected chi connectivity index (χ3v) is 6.67. The van der Waals surface area contributed by atoms with Crippen LogP contribution < -0.4 is 5.32 Å². The van der Waals surface area contributed by atoms with Gasteiger partial charge in [-0.05, 0) is 57.2 Å². The molecule has 0 amide bonds. The summed E-state index contributed by atoms with van der Waals surface area (Å²) in [7, 11) is 0. The van der Waals surface area contributed by atoms with Crippen LogP contribution in [0.4, 0.5) is 0 Å². The number of rotatable bonds is 3. The summed E-state index contributed by atoms with van der Waals surface area (Å²) in [4.78, 5) is 8.81. The van der Waals surface area contributed by atoms with Gasteiger partial charge in [0.2, 0.25) is 0 Å². The van der Waals surface area contributed by atoms with Crippen molar-refractivity contribution < 1.29 is 0 Å². The Kier molecular flexibility index (Phi) is 3.10. The third kappa shape index (κ3) is 2.22. The second-order valence-corrected chi connectivity index (χ2v) is 8.36. The van der Waals surface area contributed by atoms with Crippen LogP contribution in [0, 0.1) is 5.41 Å². The molecule has 5 rings (SSSR count). The molecule has 3 aliphatic rings. The maximum atomic E-state index is 4.93. The highest BCUT2D eigenvalue weighted by Gasteiger charge is 2.39. The Morgan fingerprint density at radius 3 is 2.95 bits per heavy atom. The molecule has 3 fully saturated rings. The Labute approximate surface area is 135 Å². The van der Waals surface area contributed by atoms with E-state index in [0.29, 0.717) is 5.41 Å². The third-order valence-electron chi connectivity index (χ3n) is 5.91. The molecule has 118 valence electrons. The lowest BCUT2D eigenvalue weighted by atomic mass is 9.78. The van der Waals surface area contributed by atoms with Crippen molar-refractivity contribution in [2.45, 2.75) is 44.6 Å². The fourth-order valence-electron chi connectivity index (χ4n) is 4.43. The minimum absolute atomic E-state index is 0.601. The number of piperidine rings is 1. The van der Waals surface area contributed by atoms with Crippen molar-refractivity contribution in [1.82, 2.24) is 19.6 Å². The van der Waals surface area contributed by atoms with Crippen molar-refractivity contribution in [2.24, 2.45) is 5.41 Å². The van der Waals surface area contributed by atoms with Gasteiger partial charge >= 0.3 is 0 Å². The zero-order valence-electron chi connectivity index (χ0n) is 13.1. The lowest BCUT2D eigenvalue weighted by molar-refractivity contribution is 0.193. The number of thiazole rings is 1. The summed E-state index contributed by atoms with van der Waals surface area (Å²) < 4.78 is 2.35. The van der Waals surface area contributed by atoms with Crippen molar-refractivity contribution in [2.75, 3.05) is 26.2 Å². The molecule has 0 atom stereocenters. The molecular weight excluding hydrogens is 292 g/mol. The average Bonchev–Trinajstić information content (AvgIpc) is 3.00. The molecule has 1 N–H and O–H groups in total. The van der Waals surface area contributed by atoms with E-state index in [1.54, 1.807) is 11.3 Å². The molecule has 22 heavy (non-hydrogen) atoms. The van der Waals surface area contributed by atoms with Gasteiger partial charge in [0, 0.05) is 30.6 Å². The standard InChI is InChI=1S/C17H24N4S/c1-2-13(1)15-14(21-9-10-22-16(21)19-15)11-20-8-5-17(12-20)3-6-18-7-4-17/h9-10,13,18H,1-8,11-12H2. The Morgan fingerprint density at radius 1 is 1.27 bits per heavy atom. The maximum absolute atomic E-state index is 4.93. The van der Waals surface area contributed by atoms with Crippen molar-refractivity contribution in [1.29, 1.82) is 0 Å². The van der Waals surface area contributed by atoms with E-state index in [1.165, 1.54) is 74.6 Å². The van der Waals surface area contributed by atoms with Gasteiger partial charge in [-0.2, -0.15) is 0 Å². The zero-order chi connectivity index (χ0) is 14.6. The van der Waals surface area contributed by atoms with E-state index in [0.717, 1.165) is 12.5 Å². The molecule has 2 aromatic heterocycles. The van der Waals surface area contributed by atoms with E-state index >= 15 is 0 Å². The van der Waals surface area contributed by atoms with Gasteiger partial charge in [-0.1, -0.05) is 0 Å². The Bertz CT molecular complexity index is 678. The Balaban J connectivity index is 1.39. The van der Waals surface area contributed by atoms with E-state index < -0.39 is 0 Å². The molecule has 2 saturated heterocycles. The van der Waals surface area contributed by atoms with Crippen LogP contribution in [0.15, 0.2) is 11.6 Å². The molecular formula is C17H24N4S. The van der Waals surface area contributed by atoms with E-state index in [2.05, 4.69) is 26.2 Å². The molecule has 2 aromatic rings. The summed E-state index contributed by atoms with van der Waals surface area (Å²) >= 11 is 1.77. The summed E-state index contributed by atoms with van der Waals surface area (Å²) in [5.74, 6) is 0.748. The van der Waals surface area contributed by atoms with Crippen molar-refractivity contribution >= 4 is 16.3 Å². The number of likely N-dealkylation sites (tertiary alicyclic amines) is 1. The predicted molar refractivity (Wildman–Crippen MR) is 89.5 cm³/mol. The van der Waals surface area contributed by atoms with Crippen molar-refractivity contribution in [3.8, 4) is 0 Å². The van der Waals surface area contributed by atoms with E-state index in [1.807, 2.05) is 0 Å². The molecule has 1 saturated carbocycles. The highest BCUT2D eigenvalue weighted by atomic mass is 32.1. The first kappa shape index (κ1) is 13.5. The van der Waals surface area contributed by atoms with Gasteiger partial charge in [0.1, 0.15) is 0 Å². The number of aromatic nitrogens is 2. The summed E-state index contributed by atoms with van der Waals surface area (Å²) in [6.45, 7) is 6.07. The van der Waals surface area contributed by atoms with Crippen LogP contribution in [0.3, 0.4) is 0 Å². The minimum Gasteiger partial charge on any atom is -0.317 e. The van der Waals surface area contributed by atoms with Crippen molar-refractivity contribution in [3.63, 3.8) is 0 Å². The van der Waals surface area contributed by atoms with Gasteiger partial charge in [0.15, 0.2) is 4.96 Å². The van der Waals surface area contributed by atoms with Gasteiger partial charge in [0.25, 0.3) is 0 Å². The fourth-order valence-corrected chi connectivity index (χ4v) is 5.17. The first-order chi connectivity index (χ1) is 10.8. The Morgan fingerprint density at radius 2 is 2.14 bits per heavy atom. The highest BCUT2D eigenvalue weighted by molar-refractivity contribution is 7.15. The van der Waals surface area contributed by atoms with E-state index in [9.17, 15) is 0 Å². The monoisotopic (exact) mass is 316 g/mol. The molecule has 0 bridgehead atoms. The number of nitrogens with one attached hydrogen (secondary N) is 1. The Hall–Kier alpha value is -0.910. The number of nitrogens with zero attached hydrogens (tertiary/aromatic N) is 3. The first-order valence-corrected chi connectivity index (χ1v) is 9.58. The largest absolute Gasteiger partial charge is 0.317 e. The lowest BCUT2D eigenvalue weighted by Crippen LogP contribution is -2.38. The molecule has 0 unspecified atom stereocenters. The van der Waals surface area contributed by atoms with Gasteiger partial charge in [-0.15, -0.1) is 11.3 Å². The summed E-state index contributed by atoms with van der Waals surface area (Å²) in [5.41, 5.74) is 3.48. The molecule has 1 aliphatic carbocycles. The normalized spacial score (nSPS) is 25.5. The number of hydrogen-bond acceptors (Lipinski definition) is 4. The topological polar surface area (TPSA) is 32.6 Å². The quantitative estimate of drug-likeness (QED) is 0.945.